The van der Waals surface area contributed by atoms with Crippen molar-refractivity contribution < 1.29 is 17.9 Å². The van der Waals surface area contributed by atoms with E-state index in [9.17, 15) is 13.2 Å². The highest BCUT2D eigenvalue weighted by Gasteiger charge is 2.36. The summed E-state index contributed by atoms with van der Waals surface area (Å²) in [5, 5.41) is 0.579. The third-order valence-electron chi connectivity index (χ3n) is 6.35. The molecule has 0 amide bonds. The highest BCUT2D eigenvalue weighted by molar-refractivity contribution is 5.90. The normalized spacial score (nSPS) is 15.1. The Morgan fingerprint density at radius 3 is 1.94 bits per heavy atom. The molecule has 1 aromatic heterocycles. The molecule has 0 aliphatic carbocycles. The van der Waals surface area contributed by atoms with Gasteiger partial charge in [0.2, 0.25) is 5.82 Å². The molecular weight excluding hydrogens is 453 g/mol. The van der Waals surface area contributed by atoms with Gasteiger partial charge < -0.3 is 9.64 Å². The number of hydrogen-bond acceptors (Lipinski definition) is 5. The van der Waals surface area contributed by atoms with Gasteiger partial charge in [0.05, 0.1) is 18.7 Å². The Kier molecular flexibility index (Phi) is 6.30. The van der Waals surface area contributed by atoms with Crippen LogP contribution in [-0.4, -0.2) is 48.2 Å². The summed E-state index contributed by atoms with van der Waals surface area (Å²) in [6.45, 7) is 2.45. The number of ether oxygens (including phenoxy) is 1. The standard InChI is InChI=1S/C27H25F3N4O/c1-35-21-12-13-22-23(18-21)31-26(27(28,29)30)32-25(22)34-16-14-33(15-17-34)24(19-8-4-2-5-9-19)20-10-6-3-7-11-20/h2-13,18,24H,14-17H2,1H3. The van der Waals surface area contributed by atoms with Gasteiger partial charge in [-0.3, -0.25) is 4.90 Å². The summed E-state index contributed by atoms with van der Waals surface area (Å²) in [5.41, 5.74) is 2.59. The van der Waals surface area contributed by atoms with Gasteiger partial charge in [-0.2, -0.15) is 13.2 Å². The number of alkyl halides is 3. The van der Waals surface area contributed by atoms with Crippen LogP contribution in [0, 0.1) is 0 Å². The van der Waals surface area contributed by atoms with Crippen molar-refractivity contribution in [3.63, 3.8) is 0 Å². The van der Waals surface area contributed by atoms with Crippen molar-refractivity contribution in [1.82, 2.24) is 14.9 Å². The summed E-state index contributed by atoms with van der Waals surface area (Å²) in [5.74, 6) is -0.378. The second-order valence-corrected chi connectivity index (χ2v) is 8.50. The predicted octanol–water partition coefficient (Wildman–Crippen LogP) is 5.57. The Hall–Kier alpha value is -3.65. The Balaban J connectivity index is 1.46. The van der Waals surface area contributed by atoms with Gasteiger partial charge in [0, 0.05) is 37.6 Å². The molecule has 0 bridgehead atoms. The minimum atomic E-state index is -4.64. The van der Waals surface area contributed by atoms with Gasteiger partial charge in [0.25, 0.3) is 0 Å². The van der Waals surface area contributed by atoms with Crippen molar-refractivity contribution in [3.8, 4) is 5.75 Å². The number of hydrogen-bond donors (Lipinski definition) is 0. The second kappa shape index (κ2) is 9.54. The topological polar surface area (TPSA) is 41.5 Å². The van der Waals surface area contributed by atoms with Crippen LogP contribution in [0.1, 0.15) is 23.0 Å². The van der Waals surface area contributed by atoms with Gasteiger partial charge in [-0.1, -0.05) is 60.7 Å². The molecule has 8 heteroatoms. The van der Waals surface area contributed by atoms with E-state index in [-0.39, 0.29) is 11.6 Å². The summed E-state index contributed by atoms with van der Waals surface area (Å²) >= 11 is 0. The Labute approximate surface area is 201 Å². The molecule has 0 atom stereocenters. The number of rotatable bonds is 5. The number of methoxy groups -OCH3 is 1. The molecule has 1 saturated heterocycles. The molecule has 5 rings (SSSR count). The molecule has 5 nitrogen and oxygen atoms in total. The lowest BCUT2D eigenvalue weighted by Crippen LogP contribution is -2.48. The molecule has 1 aliphatic rings. The number of benzene rings is 3. The first-order chi connectivity index (χ1) is 16.9. The van der Waals surface area contributed by atoms with Crippen LogP contribution in [0.5, 0.6) is 5.75 Å². The summed E-state index contributed by atoms with van der Waals surface area (Å²) in [6, 6.07) is 25.6. The fraction of sp³-hybridized carbons (Fsp3) is 0.259. The van der Waals surface area contributed by atoms with E-state index in [0.717, 1.165) is 0 Å². The van der Waals surface area contributed by atoms with Gasteiger partial charge in [-0.15, -0.1) is 0 Å². The molecule has 0 N–H and O–H groups in total. The molecule has 0 radical (unpaired) electrons. The van der Waals surface area contributed by atoms with Crippen molar-refractivity contribution in [2.45, 2.75) is 12.2 Å². The zero-order chi connectivity index (χ0) is 24.4. The molecule has 4 aromatic rings. The van der Waals surface area contributed by atoms with E-state index in [1.54, 1.807) is 12.1 Å². The van der Waals surface area contributed by atoms with Crippen LogP contribution < -0.4 is 9.64 Å². The molecular formula is C27H25F3N4O. The van der Waals surface area contributed by atoms with Crippen molar-refractivity contribution in [2.75, 3.05) is 38.2 Å². The molecule has 2 heterocycles. The third-order valence-corrected chi connectivity index (χ3v) is 6.35. The van der Waals surface area contributed by atoms with Crippen molar-refractivity contribution in [2.24, 2.45) is 0 Å². The maximum absolute atomic E-state index is 13.6. The fourth-order valence-corrected chi connectivity index (χ4v) is 4.66. The van der Waals surface area contributed by atoms with E-state index in [4.69, 9.17) is 4.74 Å². The molecule has 35 heavy (non-hydrogen) atoms. The molecule has 1 fully saturated rings. The van der Waals surface area contributed by atoms with Gasteiger partial charge >= 0.3 is 6.18 Å². The average molecular weight is 479 g/mol. The van der Waals surface area contributed by atoms with Crippen LogP contribution in [0.4, 0.5) is 19.0 Å². The summed E-state index contributed by atoms with van der Waals surface area (Å²) in [4.78, 5) is 12.0. The fourth-order valence-electron chi connectivity index (χ4n) is 4.66. The number of piperazine rings is 1. The first kappa shape index (κ1) is 23.1. The quantitative estimate of drug-likeness (QED) is 0.375. The summed E-state index contributed by atoms with van der Waals surface area (Å²) in [6.07, 6.45) is -4.64. The maximum atomic E-state index is 13.6. The van der Waals surface area contributed by atoms with Gasteiger partial charge in [0.15, 0.2) is 0 Å². The molecule has 0 saturated carbocycles. The van der Waals surface area contributed by atoms with Crippen LogP contribution in [0.2, 0.25) is 0 Å². The van der Waals surface area contributed by atoms with Crippen molar-refractivity contribution in [1.29, 1.82) is 0 Å². The number of anilines is 1. The number of nitrogens with zero attached hydrogens (tertiary/aromatic N) is 4. The van der Waals surface area contributed by atoms with E-state index in [2.05, 4.69) is 39.1 Å². The minimum Gasteiger partial charge on any atom is -0.497 e. The Bertz CT molecular complexity index is 1250. The van der Waals surface area contributed by atoms with E-state index in [1.807, 2.05) is 41.3 Å². The SMILES string of the molecule is COc1ccc2c(N3CCN(C(c4ccccc4)c4ccccc4)CC3)nc(C(F)(F)F)nc2c1. The number of aromatic nitrogens is 2. The first-order valence-corrected chi connectivity index (χ1v) is 11.5. The molecule has 0 spiro atoms. The highest BCUT2D eigenvalue weighted by atomic mass is 19.4. The average Bonchev–Trinajstić information content (AvgIpc) is 2.89. The van der Waals surface area contributed by atoms with E-state index in [1.165, 1.54) is 24.3 Å². The number of fused-ring (bicyclic) bond motifs is 1. The van der Waals surface area contributed by atoms with E-state index in [0.29, 0.717) is 43.1 Å². The lowest BCUT2D eigenvalue weighted by Gasteiger charge is -2.40. The van der Waals surface area contributed by atoms with Gasteiger partial charge in [0.1, 0.15) is 11.6 Å². The Morgan fingerprint density at radius 2 is 1.40 bits per heavy atom. The monoisotopic (exact) mass is 478 g/mol. The lowest BCUT2D eigenvalue weighted by atomic mass is 9.96. The zero-order valence-corrected chi connectivity index (χ0v) is 19.2. The van der Waals surface area contributed by atoms with Crippen molar-refractivity contribution >= 4 is 16.7 Å². The molecule has 180 valence electrons. The van der Waals surface area contributed by atoms with Crippen LogP contribution in [0.3, 0.4) is 0 Å². The van der Waals surface area contributed by atoms with Crippen LogP contribution in [0.25, 0.3) is 10.9 Å². The predicted molar refractivity (Wildman–Crippen MR) is 130 cm³/mol. The van der Waals surface area contributed by atoms with Crippen molar-refractivity contribution in [3.05, 3.63) is 95.8 Å². The van der Waals surface area contributed by atoms with Crippen LogP contribution in [0.15, 0.2) is 78.9 Å². The zero-order valence-electron chi connectivity index (χ0n) is 19.2. The van der Waals surface area contributed by atoms with E-state index < -0.39 is 12.0 Å². The second-order valence-electron chi connectivity index (χ2n) is 8.50. The first-order valence-electron chi connectivity index (χ1n) is 11.5. The third kappa shape index (κ3) is 4.79. The molecule has 0 unspecified atom stereocenters. The maximum Gasteiger partial charge on any atom is 0.451 e. The molecule has 3 aromatic carbocycles. The minimum absolute atomic E-state index is 0.0664. The number of halogens is 3. The van der Waals surface area contributed by atoms with Crippen LogP contribution >= 0.6 is 0 Å². The van der Waals surface area contributed by atoms with Gasteiger partial charge in [-0.25, -0.2) is 9.97 Å². The highest BCUT2D eigenvalue weighted by Crippen LogP contribution is 2.35. The Morgan fingerprint density at radius 1 is 0.800 bits per heavy atom. The summed E-state index contributed by atoms with van der Waals surface area (Å²) in [7, 11) is 1.48. The summed E-state index contributed by atoms with van der Waals surface area (Å²) < 4.78 is 46.0. The largest absolute Gasteiger partial charge is 0.497 e. The molecule has 1 aliphatic heterocycles. The smallest absolute Gasteiger partial charge is 0.451 e. The lowest BCUT2D eigenvalue weighted by molar-refractivity contribution is -0.144. The van der Waals surface area contributed by atoms with Crippen LogP contribution in [-0.2, 0) is 6.18 Å². The van der Waals surface area contributed by atoms with E-state index >= 15 is 0 Å². The van der Waals surface area contributed by atoms with Gasteiger partial charge in [-0.05, 0) is 23.3 Å².